The van der Waals surface area contributed by atoms with E-state index in [2.05, 4.69) is 42.5 Å². The maximum Gasteiger partial charge on any atom is 0.0320 e. The van der Waals surface area contributed by atoms with Gasteiger partial charge in [0.15, 0.2) is 0 Å². The number of aryl methyl sites for hydroxylation is 2. The van der Waals surface area contributed by atoms with Crippen molar-refractivity contribution in [1.29, 1.82) is 0 Å². The van der Waals surface area contributed by atoms with Crippen LogP contribution >= 0.6 is 22.6 Å². The van der Waals surface area contributed by atoms with Crippen molar-refractivity contribution in [3.8, 4) is 0 Å². The van der Waals surface area contributed by atoms with Gasteiger partial charge in [-0.3, -0.25) is 0 Å². The minimum Gasteiger partial charge on any atom is -0.399 e. The van der Waals surface area contributed by atoms with Gasteiger partial charge in [-0.2, -0.15) is 0 Å². The highest BCUT2D eigenvalue weighted by atomic mass is 127. The molecule has 0 radical (unpaired) electrons. The van der Waals surface area contributed by atoms with E-state index in [0.29, 0.717) is 0 Å². The standard InChI is InChI=1S/C9H12IN/c1-3-7-5-8(11)4-6(2)9(7)10/h4-5H,3,11H2,1-2H3. The fourth-order valence-corrected chi connectivity index (χ4v) is 1.82. The predicted molar refractivity (Wildman–Crippen MR) is 57.7 cm³/mol. The molecule has 1 rings (SSSR count). The number of nitrogen functional groups attached to an aromatic ring is 1. The van der Waals surface area contributed by atoms with Crippen LogP contribution in [0.15, 0.2) is 12.1 Å². The van der Waals surface area contributed by atoms with Crippen molar-refractivity contribution in [3.05, 3.63) is 26.8 Å². The zero-order valence-corrected chi connectivity index (χ0v) is 8.97. The van der Waals surface area contributed by atoms with E-state index in [0.717, 1.165) is 12.1 Å². The van der Waals surface area contributed by atoms with Crippen LogP contribution in [0.1, 0.15) is 18.1 Å². The molecule has 0 saturated carbocycles. The first-order valence-electron chi connectivity index (χ1n) is 3.69. The molecule has 1 aromatic carbocycles. The van der Waals surface area contributed by atoms with E-state index < -0.39 is 0 Å². The van der Waals surface area contributed by atoms with Gasteiger partial charge in [0.25, 0.3) is 0 Å². The van der Waals surface area contributed by atoms with Gasteiger partial charge in [-0.1, -0.05) is 6.92 Å². The van der Waals surface area contributed by atoms with Gasteiger partial charge in [-0.05, 0) is 59.2 Å². The second-order valence-corrected chi connectivity index (χ2v) is 3.74. The Hall–Kier alpha value is -0.250. The van der Waals surface area contributed by atoms with Gasteiger partial charge < -0.3 is 5.73 Å². The van der Waals surface area contributed by atoms with Gasteiger partial charge in [0.05, 0.1) is 0 Å². The molecule has 0 fully saturated rings. The van der Waals surface area contributed by atoms with Gasteiger partial charge in [0.1, 0.15) is 0 Å². The van der Waals surface area contributed by atoms with E-state index in [4.69, 9.17) is 5.73 Å². The summed E-state index contributed by atoms with van der Waals surface area (Å²) in [5.74, 6) is 0. The minimum absolute atomic E-state index is 0.875. The Bertz CT molecular complexity index is 269. The number of anilines is 1. The Kier molecular flexibility index (Phi) is 2.76. The molecule has 0 aliphatic carbocycles. The van der Waals surface area contributed by atoms with E-state index in [1.165, 1.54) is 14.7 Å². The number of halogens is 1. The molecule has 2 N–H and O–H groups in total. The zero-order chi connectivity index (χ0) is 8.43. The molecule has 60 valence electrons. The maximum atomic E-state index is 5.70. The van der Waals surface area contributed by atoms with Crippen molar-refractivity contribution in [2.75, 3.05) is 5.73 Å². The highest BCUT2D eigenvalue weighted by molar-refractivity contribution is 14.1. The van der Waals surface area contributed by atoms with Crippen molar-refractivity contribution < 1.29 is 0 Å². The Labute approximate surface area is 81.1 Å². The lowest BCUT2D eigenvalue weighted by Crippen LogP contribution is -1.94. The molecule has 1 aromatic rings. The van der Waals surface area contributed by atoms with Crippen LogP contribution in [-0.4, -0.2) is 0 Å². The van der Waals surface area contributed by atoms with Crippen LogP contribution in [0.2, 0.25) is 0 Å². The van der Waals surface area contributed by atoms with Gasteiger partial charge in [0.2, 0.25) is 0 Å². The van der Waals surface area contributed by atoms with Crippen molar-refractivity contribution in [3.63, 3.8) is 0 Å². The van der Waals surface area contributed by atoms with Crippen LogP contribution < -0.4 is 5.73 Å². The third-order valence-electron chi connectivity index (χ3n) is 1.73. The summed E-state index contributed by atoms with van der Waals surface area (Å²) in [6.07, 6.45) is 1.06. The maximum absolute atomic E-state index is 5.70. The zero-order valence-electron chi connectivity index (χ0n) is 6.82. The third kappa shape index (κ3) is 1.86. The lowest BCUT2D eigenvalue weighted by molar-refractivity contribution is 1.12. The molecular weight excluding hydrogens is 249 g/mol. The molecule has 11 heavy (non-hydrogen) atoms. The predicted octanol–water partition coefficient (Wildman–Crippen LogP) is 2.74. The quantitative estimate of drug-likeness (QED) is 0.610. The average Bonchev–Trinajstić information content (AvgIpc) is 1.96. The molecule has 0 unspecified atom stereocenters. The Morgan fingerprint density at radius 2 is 2.09 bits per heavy atom. The van der Waals surface area contributed by atoms with Crippen LogP contribution in [0, 0.1) is 10.5 Å². The number of hydrogen-bond acceptors (Lipinski definition) is 1. The van der Waals surface area contributed by atoms with Gasteiger partial charge in [-0.15, -0.1) is 0 Å². The molecular formula is C9H12IN. The van der Waals surface area contributed by atoms with Gasteiger partial charge >= 0.3 is 0 Å². The first-order chi connectivity index (χ1) is 5.15. The summed E-state index contributed by atoms with van der Waals surface area (Å²) >= 11 is 2.37. The fourth-order valence-electron chi connectivity index (χ4n) is 1.13. The smallest absolute Gasteiger partial charge is 0.0320 e. The van der Waals surface area contributed by atoms with Crippen molar-refractivity contribution >= 4 is 28.3 Å². The van der Waals surface area contributed by atoms with E-state index >= 15 is 0 Å². The number of hydrogen-bond donors (Lipinski definition) is 1. The molecule has 0 heterocycles. The normalized spacial score (nSPS) is 10.1. The minimum atomic E-state index is 0.875. The Morgan fingerprint density at radius 1 is 1.45 bits per heavy atom. The molecule has 1 nitrogen and oxygen atoms in total. The summed E-state index contributed by atoms with van der Waals surface area (Å²) < 4.78 is 1.35. The molecule has 0 aliphatic rings. The van der Waals surface area contributed by atoms with E-state index in [-0.39, 0.29) is 0 Å². The Balaban J connectivity index is 3.24. The van der Waals surface area contributed by atoms with Crippen LogP contribution in [-0.2, 0) is 6.42 Å². The summed E-state index contributed by atoms with van der Waals surface area (Å²) in [5, 5.41) is 0. The monoisotopic (exact) mass is 261 g/mol. The topological polar surface area (TPSA) is 26.0 Å². The lowest BCUT2D eigenvalue weighted by atomic mass is 10.1. The first kappa shape index (κ1) is 8.84. The molecule has 0 aromatic heterocycles. The van der Waals surface area contributed by atoms with Crippen LogP contribution in [0.4, 0.5) is 5.69 Å². The van der Waals surface area contributed by atoms with E-state index in [1.54, 1.807) is 0 Å². The highest BCUT2D eigenvalue weighted by Crippen LogP contribution is 2.20. The van der Waals surface area contributed by atoms with Crippen molar-refractivity contribution in [1.82, 2.24) is 0 Å². The third-order valence-corrected chi connectivity index (χ3v) is 3.28. The molecule has 0 spiro atoms. The largest absolute Gasteiger partial charge is 0.399 e. The second kappa shape index (κ2) is 3.43. The number of benzene rings is 1. The second-order valence-electron chi connectivity index (χ2n) is 2.66. The van der Waals surface area contributed by atoms with Gasteiger partial charge in [-0.25, -0.2) is 0 Å². The summed E-state index contributed by atoms with van der Waals surface area (Å²) in [4.78, 5) is 0. The summed E-state index contributed by atoms with van der Waals surface area (Å²) in [6, 6.07) is 4.07. The number of nitrogens with two attached hydrogens (primary N) is 1. The fraction of sp³-hybridized carbons (Fsp3) is 0.333. The van der Waals surface area contributed by atoms with Crippen molar-refractivity contribution in [2.45, 2.75) is 20.3 Å². The van der Waals surface area contributed by atoms with Crippen molar-refractivity contribution in [2.24, 2.45) is 0 Å². The summed E-state index contributed by atoms with van der Waals surface area (Å²) in [7, 11) is 0. The van der Waals surface area contributed by atoms with Crippen LogP contribution in [0.3, 0.4) is 0 Å². The number of rotatable bonds is 1. The first-order valence-corrected chi connectivity index (χ1v) is 4.77. The average molecular weight is 261 g/mol. The molecule has 0 atom stereocenters. The SMILES string of the molecule is CCc1cc(N)cc(C)c1I. The molecule has 0 amide bonds. The molecule has 0 saturated heterocycles. The molecule has 2 heteroatoms. The highest BCUT2D eigenvalue weighted by Gasteiger charge is 2.01. The summed E-state index contributed by atoms with van der Waals surface area (Å²) in [5.41, 5.74) is 9.21. The van der Waals surface area contributed by atoms with Crippen LogP contribution in [0.5, 0.6) is 0 Å². The summed E-state index contributed by atoms with van der Waals surface area (Å²) in [6.45, 7) is 4.24. The molecule has 0 bridgehead atoms. The van der Waals surface area contributed by atoms with E-state index in [9.17, 15) is 0 Å². The lowest BCUT2D eigenvalue weighted by Gasteiger charge is -2.05. The molecule has 0 aliphatic heterocycles. The van der Waals surface area contributed by atoms with Gasteiger partial charge in [0, 0.05) is 9.26 Å². The van der Waals surface area contributed by atoms with E-state index in [1.807, 2.05) is 6.07 Å². The van der Waals surface area contributed by atoms with Crippen LogP contribution in [0.25, 0.3) is 0 Å². The Morgan fingerprint density at radius 3 is 2.64 bits per heavy atom.